The average Bonchev–Trinajstić information content (AvgIpc) is 2.58. The first-order valence-electron chi connectivity index (χ1n) is 6.20. The summed E-state index contributed by atoms with van der Waals surface area (Å²) in [7, 11) is 0. The van der Waals surface area contributed by atoms with Crippen molar-refractivity contribution in [1.29, 1.82) is 0 Å². The van der Waals surface area contributed by atoms with Gasteiger partial charge in [0.15, 0.2) is 0 Å². The number of nitrogens with zero attached hydrogens (tertiary/aromatic N) is 1. The number of hydrogen-bond donors (Lipinski definition) is 0. The van der Waals surface area contributed by atoms with Gasteiger partial charge in [0.05, 0.1) is 0 Å². The van der Waals surface area contributed by atoms with Gasteiger partial charge in [-0.2, -0.15) is 0 Å². The van der Waals surface area contributed by atoms with Crippen molar-refractivity contribution in [2.45, 2.75) is 39.7 Å². The fourth-order valence-corrected chi connectivity index (χ4v) is 2.07. The molecule has 0 radical (unpaired) electrons. The second kappa shape index (κ2) is 5.43. The summed E-state index contributed by atoms with van der Waals surface area (Å²) in [6.07, 6.45) is 5.10. The van der Waals surface area contributed by atoms with E-state index in [9.17, 15) is 9.59 Å². The lowest BCUT2D eigenvalue weighted by molar-refractivity contribution is -0.114. The maximum atomic E-state index is 11.9. The molecule has 1 amide bonds. The fraction of sp³-hybridized carbons (Fsp3) is 0.714. The summed E-state index contributed by atoms with van der Waals surface area (Å²) in [6, 6.07) is 0. The summed E-state index contributed by atoms with van der Waals surface area (Å²) in [6.45, 7) is 8.71. The van der Waals surface area contributed by atoms with Crippen LogP contribution in [-0.2, 0) is 9.53 Å². The van der Waals surface area contributed by atoms with Gasteiger partial charge in [-0.1, -0.05) is 6.92 Å². The number of amides is 1. The van der Waals surface area contributed by atoms with Crippen LogP contribution in [-0.4, -0.2) is 35.5 Å². The maximum Gasteiger partial charge on any atom is 0.410 e. The van der Waals surface area contributed by atoms with Crippen molar-refractivity contribution in [1.82, 2.24) is 4.90 Å². The zero-order valence-corrected chi connectivity index (χ0v) is 11.5. The summed E-state index contributed by atoms with van der Waals surface area (Å²) in [5.74, 6) is 2.34. The van der Waals surface area contributed by atoms with Gasteiger partial charge in [0, 0.05) is 19.5 Å². The van der Waals surface area contributed by atoms with Crippen molar-refractivity contribution < 1.29 is 14.3 Å². The minimum atomic E-state index is -0.493. The predicted molar refractivity (Wildman–Crippen MR) is 68.9 cm³/mol. The monoisotopic (exact) mass is 251 g/mol. The Morgan fingerprint density at radius 1 is 1.39 bits per heavy atom. The van der Waals surface area contributed by atoms with Gasteiger partial charge >= 0.3 is 6.09 Å². The van der Waals surface area contributed by atoms with Crippen molar-refractivity contribution in [2.75, 3.05) is 13.1 Å². The number of ether oxygens (including phenoxy) is 1. The van der Waals surface area contributed by atoms with E-state index in [1.807, 2.05) is 27.7 Å². The van der Waals surface area contributed by atoms with Gasteiger partial charge in [0.2, 0.25) is 5.78 Å². The van der Waals surface area contributed by atoms with Gasteiger partial charge in [0.1, 0.15) is 5.60 Å². The van der Waals surface area contributed by atoms with E-state index in [-0.39, 0.29) is 23.7 Å². The lowest BCUT2D eigenvalue weighted by Gasteiger charge is -2.24. The van der Waals surface area contributed by atoms with Gasteiger partial charge < -0.3 is 9.64 Å². The van der Waals surface area contributed by atoms with Crippen molar-refractivity contribution in [3.63, 3.8) is 0 Å². The molecule has 0 N–H and O–H groups in total. The van der Waals surface area contributed by atoms with Crippen molar-refractivity contribution in [2.24, 2.45) is 11.8 Å². The van der Waals surface area contributed by atoms with Gasteiger partial charge in [-0.25, -0.2) is 4.79 Å². The van der Waals surface area contributed by atoms with Crippen LogP contribution in [0.4, 0.5) is 4.79 Å². The molecule has 2 atom stereocenters. The van der Waals surface area contributed by atoms with E-state index in [0.717, 1.165) is 0 Å². The highest BCUT2D eigenvalue weighted by molar-refractivity contribution is 5.95. The van der Waals surface area contributed by atoms with Crippen LogP contribution >= 0.6 is 0 Å². The SMILES string of the molecule is C#CC(=O)C[C@@H]1CN(C(=O)OC(C)(C)C)C[C@H]1C. The summed E-state index contributed by atoms with van der Waals surface area (Å²) >= 11 is 0. The third kappa shape index (κ3) is 4.06. The highest BCUT2D eigenvalue weighted by Gasteiger charge is 2.35. The molecule has 18 heavy (non-hydrogen) atoms. The Bertz CT molecular complexity index is 375. The van der Waals surface area contributed by atoms with Crippen molar-refractivity contribution in [3.05, 3.63) is 0 Å². The third-order valence-corrected chi connectivity index (χ3v) is 3.03. The number of ketones is 1. The molecule has 0 aliphatic carbocycles. The normalized spacial score (nSPS) is 23.6. The molecule has 0 aromatic rings. The Morgan fingerprint density at radius 3 is 2.50 bits per heavy atom. The molecule has 4 heteroatoms. The molecule has 0 bridgehead atoms. The van der Waals surface area contributed by atoms with Gasteiger partial charge in [-0.3, -0.25) is 4.79 Å². The van der Waals surface area contributed by atoms with E-state index in [4.69, 9.17) is 11.2 Å². The van der Waals surface area contributed by atoms with Crippen LogP contribution in [0.2, 0.25) is 0 Å². The summed E-state index contributed by atoms with van der Waals surface area (Å²) in [4.78, 5) is 24.8. The van der Waals surface area contributed by atoms with E-state index in [0.29, 0.717) is 19.5 Å². The van der Waals surface area contributed by atoms with Crippen LogP contribution in [0.5, 0.6) is 0 Å². The van der Waals surface area contributed by atoms with Crippen LogP contribution < -0.4 is 0 Å². The van der Waals surface area contributed by atoms with E-state index in [1.165, 1.54) is 0 Å². The van der Waals surface area contributed by atoms with Crippen LogP contribution in [0, 0.1) is 24.2 Å². The summed E-state index contributed by atoms with van der Waals surface area (Å²) < 4.78 is 5.31. The minimum Gasteiger partial charge on any atom is -0.444 e. The second-order valence-electron chi connectivity index (χ2n) is 5.89. The highest BCUT2D eigenvalue weighted by atomic mass is 16.6. The molecular weight excluding hydrogens is 230 g/mol. The molecular formula is C14H21NO3. The van der Waals surface area contributed by atoms with Gasteiger partial charge in [-0.05, 0) is 38.5 Å². The Labute approximate surface area is 109 Å². The smallest absolute Gasteiger partial charge is 0.410 e. The Kier molecular flexibility index (Phi) is 4.39. The second-order valence-corrected chi connectivity index (χ2v) is 5.89. The lowest BCUT2D eigenvalue weighted by atomic mass is 9.93. The number of terminal acetylenes is 1. The van der Waals surface area contributed by atoms with E-state index in [1.54, 1.807) is 4.90 Å². The standard InChI is InChI=1S/C14H21NO3/c1-6-12(16)7-11-9-15(8-10(11)2)13(17)18-14(3,4)5/h1,10-11H,7-9H2,2-5H3/t10-,11-/m1/s1. The Balaban J connectivity index is 2.56. The fourth-order valence-electron chi connectivity index (χ4n) is 2.07. The molecule has 1 heterocycles. The highest BCUT2D eigenvalue weighted by Crippen LogP contribution is 2.27. The molecule has 1 aliphatic rings. The average molecular weight is 251 g/mol. The van der Waals surface area contributed by atoms with Crippen LogP contribution in [0.3, 0.4) is 0 Å². The Hall–Kier alpha value is -1.50. The molecule has 1 aliphatic heterocycles. The predicted octanol–water partition coefficient (Wildman–Crippen LogP) is 2.08. The number of carbonyl (C=O) groups is 2. The first-order valence-corrected chi connectivity index (χ1v) is 6.20. The first kappa shape index (κ1) is 14.6. The molecule has 0 spiro atoms. The number of likely N-dealkylation sites (tertiary alicyclic amines) is 1. The third-order valence-electron chi connectivity index (χ3n) is 3.03. The quantitative estimate of drug-likeness (QED) is 0.557. The van der Waals surface area contributed by atoms with Gasteiger partial charge in [-0.15, -0.1) is 6.42 Å². The number of Topliss-reactive ketones (excluding diaryl/α,β-unsaturated/α-hetero) is 1. The topological polar surface area (TPSA) is 46.6 Å². The van der Waals surface area contributed by atoms with Crippen LogP contribution in [0.15, 0.2) is 0 Å². The first-order chi connectivity index (χ1) is 8.23. The Morgan fingerprint density at radius 2 is 2.00 bits per heavy atom. The zero-order valence-electron chi connectivity index (χ0n) is 11.5. The molecule has 1 fully saturated rings. The zero-order chi connectivity index (χ0) is 13.9. The van der Waals surface area contributed by atoms with E-state index in [2.05, 4.69) is 5.92 Å². The molecule has 0 saturated carbocycles. The number of carbonyl (C=O) groups excluding carboxylic acids is 2. The lowest BCUT2D eigenvalue weighted by Crippen LogP contribution is -2.35. The summed E-state index contributed by atoms with van der Waals surface area (Å²) in [5, 5.41) is 0. The summed E-state index contributed by atoms with van der Waals surface area (Å²) in [5.41, 5.74) is -0.493. The van der Waals surface area contributed by atoms with Crippen molar-refractivity contribution >= 4 is 11.9 Å². The molecule has 0 aromatic heterocycles. The minimum absolute atomic E-state index is 0.140. The molecule has 4 nitrogen and oxygen atoms in total. The van der Waals surface area contributed by atoms with Crippen LogP contribution in [0.25, 0.3) is 0 Å². The largest absolute Gasteiger partial charge is 0.444 e. The molecule has 1 saturated heterocycles. The van der Waals surface area contributed by atoms with E-state index >= 15 is 0 Å². The van der Waals surface area contributed by atoms with Crippen molar-refractivity contribution in [3.8, 4) is 12.3 Å². The maximum absolute atomic E-state index is 11.9. The molecule has 0 aromatic carbocycles. The molecule has 100 valence electrons. The molecule has 1 rings (SSSR count). The number of hydrogen-bond acceptors (Lipinski definition) is 3. The number of rotatable bonds is 2. The van der Waals surface area contributed by atoms with E-state index < -0.39 is 5.60 Å². The van der Waals surface area contributed by atoms with Gasteiger partial charge in [0.25, 0.3) is 0 Å². The molecule has 0 unspecified atom stereocenters. The van der Waals surface area contributed by atoms with Crippen LogP contribution in [0.1, 0.15) is 34.1 Å².